The smallest absolute Gasteiger partial charge is 0.347 e. The van der Waals surface area contributed by atoms with E-state index in [-0.39, 0.29) is 13.0 Å². The lowest BCUT2D eigenvalue weighted by Crippen LogP contribution is -2.39. The van der Waals surface area contributed by atoms with Crippen LogP contribution in [0.4, 0.5) is 0 Å². The molecule has 0 saturated carbocycles. The van der Waals surface area contributed by atoms with E-state index >= 15 is 0 Å². The summed E-state index contributed by atoms with van der Waals surface area (Å²) < 4.78 is 9.43. The maximum Gasteiger partial charge on any atom is 0.347 e. The third-order valence-electron chi connectivity index (χ3n) is 2.26. The summed E-state index contributed by atoms with van der Waals surface area (Å²) in [7, 11) is 0. The van der Waals surface area contributed by atoms with Gasteiger partial charge in [0.2, 0.25) is 6.10 Å². The second-order valence-electron chi connectivity index (χ2n) is 3.48. The van der Waals surface area contributed by atoms with E-state index in [1.54, 1.807) is 6.92 Å². The molecule has 0 aliphatic carbocycles. The normalized spacial score (nSPS) is 25.4. The summed E-state index contributed by atoms with van der Waals surface area (Å²) in [6.07, 6.45) is -0.238. The van der Waals surface area contributed by atoms with Crippen molar-refractivity contribution in [2.45, 2.75) is 38.4 Å². The zero-order chi connectivity index (χ0) is 10.8. The average Bonchev–Trinajstić information content (AvgIpc) is 2.52. The maximum atomic E-state index is 11.3. The van der Waals surface area contributed by atoms with Gasteiger partial charge in [0.05, 0.1) is 6.61 Å². The minimum absolute atomic E-state index is 0.244. The molecule has 1 aliphatic rings. The van der Waals surface area contributed by atoms with Crippen LogP contribution in [0.5, 0.6) is 0 Å². The molecule has 1 heterocycles. The van der Waals surface area contributed by atoms with Crippen molar-refractivity contribution in [3.63, 3.8) is 0 Å². The van der Waals surface area contributed by atoms with E-state index in [9.17, 15) is 14.7 Å². The molecule has 0 bridgehead atoms. The minimum atomic E-state index is -1.52. The fourth-order valence-electron chi connectivity index (χ4n) is 0.985. The van der Waals surface area contributed by atoms with Crippen LogP contribution in [0, 0.1) is 0 Å². The largest absolute Gasteiger partial charge is 0.463 e. The van der Waals surface area contributed by atoms with Crippen LogP contribution >= 0.6 is 0 Å². The number of rotatable bonds is 3. The van der Waals surface area contributed by atoms with E-state index in [2.05, 4.69) is 4.74 Å². The Kier molecular flexibility index (Phi) is 3.10. The Morgan fingerprint density at radius 3 is 2.86 bits per heavy atom. The second-order valence-corrected chi connectivity index (χ2v) is 3.48. The number of cyclic esters (lactones) is 1. The van der Waals surface area contributed by atoms with Gasteiger partial charge in [-0.25, -0.2) is 9.59 Å². The predicted molar refractivity (Wildman–Crippen MR) is 46.4 cm³/mol. The minimum Gasteiger partial charge on any atom is -0.463 e. The van der Waals surface area contributed by atoms with Gasteiger partial charge < -0.3 is 14.6 Å². The molecule has 0 radical (unpaired) electrons. The highest BCUT2D eigenvalue weighted by Gasteiger charge is 2.36. The third kappa shape index (κ3) is 2.23. The first kappa shape index (κ1) is 11.0. The number of hydrogen-bond donors (Lipinski definition) is 1. The van der Waals surface area contributed by atoms with Crippen molar-refractivity contribution < 1.29 is 24.2 Å². The van der Waals surface area contributed by atoms with Gasteiger partial charge in [0.25, 0.3) is 0 Å². The molecule has 80 valence electrons. The predicted octanol–water partition coefficient (Wildman–Crippen LogP) is 0.00610. The summed E-state index contributed by atoms with van der Waals surface area (Å²) in [6.45, 7) is 3.29. The molecule has 0 spiro atoms. The monoisotopic (exact) mass is 202 g/mol. The fraction of sp³-hybridized carbons (Fsp3) is 0.778. The molecule has 0 aromatic carbocycles. The molecule has 0 aromatic heterocycles. The third-order valence-corrected chi connectivity index (χ3v) is 2.26. The van der Waals surface area contributed by atoms with E-state index in [4.69, 9.17) is 4.74 Å². The molecule has 1 saturated heterocycles. The van der Waals surface area contributed by atoms with E-state index in [1.165, 1.54) is 6.92 Å². The Bertz CT molecular complexity index is 246. The molecule has 1 N–H and O–H groups in total. The molecule has 2 unspecified atom stereocenters. The van der Waals surface area contributed by atoms with Gasteiger partial charge in [-0.1, -0.05) is 6.92 Å². The highest BCUT2D eigenvalue weighted by atomic mass is 16.6. The Labute approximate surface area is 82.0 Å². The van der Waals surface area contributed by atoms with Gasteiger partial charge in [-0.05, 0) is 13.3 Å². The molecule has 1 fully saturated rings. The van der Waals surface area contributed by atoms with Crippen molar-refractivity contribution in [1.82, 2.24) is 0 Å². The molecule has 14 heavy (non-hydrogen) atoms. The van der Waals surface area contributed by atoms with E-state index in [0.717, 1.165) is 0 Å². The number of esters is 2. The van der Waals surface area contributed by atoms with E-state index in [1.807, 2.05) is 0 Å². The summed E-state index contributed by atoms with van der Waals surface area (Å²) in [5.74, 6) is -1.31. The number of carbonyl (C=O) groups is 2. The Balaban J connectivity index is 2.52. The number of aliphatic hydroxyl groups is 1. The van der Waals surface area contributed by atoms with Crippen molar-refractivity contribution >= 4 is 11.9 Å². The Morgan fingerprint density at radius 2 is 2.43 bits per heavy atom. The molecule has 1 rings (SSSR count). The van der Waals surface area contributed by atoms with E-state index in [0.29, 0.717) is 6.42 Å². The summed E-state index contributed by atoms with van der Waals surface area (Å²) in [6, 6.07) is 0. The highest BCUT2D eigenvalue weighted by molar-refractivity contribution is 5.84. The molecular formula is C9H14O5. The van der Waals surface area contributed by atoms with Crippen molar-refractivity contribution in [2.24, 2.45) is 0 Å². The Hall–Kier alpha value is -1.10. The number of carbonyl (C=O) groups excluding carboxylic acids is 2. The van der Waals surface area contributed by atoms with Gasteiger partial charge in [-0.15, -0.1) is 0 Å². The molecule has 0 amide bonds. The SMILES string of the molecule is CCC(C)(O)C(=O)OC1CCOC1=O. The lowest BCUT2D eigenvalue weighted by molar-refractivity contribution is -0.174. The highest BCUT2D eigenvalue weighted by Crippen LogP contribution is 2.16. The van der Waals surface area contributed by atoms with Crippen LogP contribution in [-0.2, 0) is 19.1 Å². The van der Waals surface area contributed by atoms with Crippen LogP contribution in [0.15, 0.2) is 0 Å². The van der Waals surface area contributed by atoms with Gasteiger partial charge in [-0.3, -0.25) is 0 Å². The molecule has 5 nitrogen and oxygen atoms in total. The van der Waals surface area contributed by atoms with Crippen molar-refractivity contribution in [2.75, 3.05) is 6.61 Å². The molecule has 0 aromatic rings. The zero-order valence-electron chi connectivity index (χ0n) is 8.28. The van der Waals surface area contributed by atoms with Crippen LogP contribution in [-0.4, -0.2) is 35.4 Å². The van der Waals surface area contributed by atoms with Crippen molar-refractivity contribution in [3.05, 3.63) is 0 Å². The lowest BCUT2D eigenvalue weighted by atomic mass is 10.0. The second kappa shape index (κ2) is 3.96. The molecule has 1 aliphatic heterocycles. The fourth-order valence-corrected chi connectivity index (χ4v) is 0.985. The Morgan fingerprint density at radius 1 is 1.79 bits per heavy atom. The quantitative estimate of drug-likeness (QED) is 0.652. The van der Waals surface area contributed by atoms with Crippen molar-refractivity contribution in [3.8, 4) is 0 Å². The van der Waals surface area contributed by atoms with Gasteiger partial charge in [0, 0.05) is 6.42 Å². The lowest BCUT2D eigenvalue weighted by Gasteiger charge is -2.20. The van der Waals surface area contributed by atoms with Crippen LogP contribution in [0.25, 0.3) is 0 Å². The summed E-state index contributed by atoms with van der Waals surface area (Å²) in [4.78, 5) is 22.3. The van der Waals surface area contributed by atoms with Crippen molar-refractivity contribution in [1.29, 1.82) is 0 Å². The van der Waals surface area contributed by atoms with Gasteiger partial charge in [-0.2, -0.15) is 0 Å². The zero-order valence-corrected chi connectivity index (χ0v) is 8.28. The first-order chi connectivity index (χ1) is 6.47. The first-order valence-corrected chi connectivity index (χ1v) is 4.57. The molecular weight excluding hydrogens is 188 g/mol. The first-order valence-electron chi connectivity index (χ1n) is 4.57. The summed E-state index contributed by atoms with van der Waals surface area (Å²) >= 11 is 0. The topological polar surface area (TPSA) is 72.8 Å². The van der Waals surface area contributed by atoms with Gasteiger partial charge >= 0.3 is 11.9 Å². The van der Waals surface area contributed by atoms with Crippen LogP contribution < -0.4 is 0 Å². The van der Waals surface area contributed by atoms with Gasteiger partial charge in [0.15, 0.2) is 5.60 Å². The number of hydrogen-bond acceptors (Lipinski definition) is 5. The standard InChI is InChI=1S/C9H14O5/c1-3-9(2,12)8(11)14-6-4-5-13-7(6)10/h6,12H,3-5H2,1-2H3. The molecule has 5 heteroatoms. The van der Waals surface area contributed by atoms with Crippen LogP contribution in [0.2, 0.25) is 0 Å². The molecule has 2 atom stereocenters. The summed E-state index contributed by atoms with van der Waals surface area (Å²) in [5, 5.41) is 9.51. The van der Waals surface area contributed by atoms with E-state index < -0.39 is 23.6 Å². The average molecular weight is 202 g/mol. The summed E-state index contributed by atoms with van der Waals surface area (Å²) in [5.41, 5.74) is -1.52. The van der Waals surface area contributed by atoms with Gasteiger partial charge in [0.1, 0.15) is 0 Å². The maximum absolute atomic E-state index is 11.3. The number of ether oxygens (including phenoxy) is 2. The van der Waals surface area contributed by atoms with Crippen LogP contribution in [0.1, 0.15) is 26.7 Å². The van der Waals surface area contributed by atoms with Crippen LogP contribution in [0.3, 0.4) is 0 Å².